The fourth-order valence-electron chi connectivity index (χ4n) is 3.55. The van der Waals surface area contributed by atoms with E-state index in [4.69, 9.17) is 24.4 Å². The predicted molar refractivity (Wildman–Crippen MR) is 116 cm³/mol. The van der Waals surface area contributed by atoms with E-state index in [0.717, 1.165) is 24.0 Å². The van der Waals surface area contributed by atoms with Gasteiger partial charge in [0.15, 0.2) is 0 Å². The molecule has 0 aliphatic carbocycles. The molecule has 7 heteroatoms. The number of unbranched alkanes of at least 4 members (excludes halogenated alkanes) is 1. The lowest BCUT2D eigenvalue weighted by Gasteiger charge is -2.28. The van der Waals surface area contributed by atoms with Gasteiger partial charge in [0, 0.05) is 17.2 Å². The molecule has 0 radical (unpaired) electrons. The van der Waals surface area contributed by atoms with E-state index in [0.29, 0.717) is 23.7 Å². The summed E-state index contributed by atoms with van der Waals surface area (Å²) in [6.45, 7) is 2.67. The third-order valence-electron chi connectivity index (χ3n) is 5.11. The smallest absolute Gasteiger partial charge is 0.379 e. The topological polar surface area (TPSA) is 108 Å². The Labute approximate surface area is 185 Å². The molecule has 1 atom stereocenters. The van der Waals surface area contributed by atoms with Crippen LogP contribution >= 0.6 is 0 Å². The second-order valence-corrected chi connectivity index (χ2v) is 7.23. The first-order valence-electron chi connectivity index (χ1n) is 10.3. The molecular weight excluding hydrogens is 408 g/mol. The average molecular weight is 430 g/mol. The summed E-state index contributed by atoms with van der Waals surface area (Å²) in [6, 6.07) is 17.9. The number of ether oxygens (including phenoxy) is 3. The summed E-state index contributed by atoms with van der Waals surface area (Å²) in [4.78, 5) is 12.2. The van der Waals surface area contributed by atoms with Crippen LogP contribution in [-0.4, -0.2) is 12.6 Å². The maximum absolute atomic E-state index is 12.2. The maximum Gasteiger partial charge on any atom is 0.379 e. The van der Waals surface area contributed by atoms with Gasteiger partial charge < -0.3 is 24.4 Å². The summed E-state index contributed by atoms with van der Waals surface area (Å²) in [6.07, 6.45) is 3.33. The summed E-state index contributed by atoms with van der Waals surface area (Å²) in [5.74, 6) is 0.347. The molecule has 0 saturated carbocycles. The van der Waals surface area contributed by atoms with E-state index in [1.807, 2.05) is 24.3 Å². The van der Waals surface area contributed by atoms with Gasteiger partial charge in [0.1, 0.15) is 28.9 Å². The summed E-state index contributed by atoms with van der Waals surface area (Å²) in [5.41, 5.74) is 7.93. The minimum atomic E-state index is -0.627. The molecule has 0 saturated heterocycles. The van der Waals surface area contributed by atoms with Crippen LogP contribution in [0, 0.1) is 11.3 Å². The number of esters is 1. The molecule has 0 spiro atoms. The SMILES string of the molecule is CCCCOc1ccccc1C1C(C#N)=C(N)Oc2cc(OC(=O)c3ccco3)ccc21. The highest BCUT2D eigenvalue weighted by Gasteiger charge is 2.33. The highest BCUT2D eigenvalue weighted by molar-refractivity contribution is 5.88. The van der Waals surface area contributed by atoms with Crippen molar-refractivity contribution in [1.82, 2.24) is 0 Å². The lowest BCUT2D eigenvalue weighted by atomic mass is 9.83. The van der Waals surface area contributed by atoms with Gasteiger partial charge in [-0.3, -0.25) is 0 Å². The first-order chi connectivity index (χ1) is 15.6. The molecule has 1 unspecified atom stereocenters. The molecule has 32 heavy (non-hydrogen) atoms. The van der Waals surface area contributed by atoms with Crippen molar-refractivity contribution in [2.45, 2.75) is 25.7 Å². The molecule has 1 aliphatic rings. The quantitative estimate of drug-likeness (QED) is 0.323. The Bertz CT molecular complexity index is 1190. The summed E-state index contributed by atoms with van der Waals surface area (Å²) in [7, 11) is 0. The first-order valence-corrected chi connectivity index (χ1v) is 10.3. The molecule has 0 amide bonds. The summed E-state index contributed by atoms with van der Waals surface area (Å²) < 4.78 is 22.2. The third-order valence-corrected chi connectivity index (χ3v) is 5.11. The van der Waals surface area contributed by atoms with Crippen molar-refractivity contribution in [1.29, 1.82) is 5.26 Å². The van der Waals surface area contributed by atoms with Crippen molar-refractivity contribution in [2.75, 3.05) is 6.61 Å². The maximum atomic E-state index is 12.2. The molecule has 2 heterocycles. The summed E-state index contributed by atoms with van der Waals surface area (Å²) in [5, 5.41) is 9.81. The van der Waals surface area contributed by atoms with Gasteiger partial charge in [-0.1, -0.05) is 37.6 Å². The number of rotatable bonds is 7. The minimum Gasteiger partial charge on any atom is -0.493 e. The standard InChI is InChI=1S/C25H22N2O5/c1-2-3-12-29-20-8-5-4-7-17(20)23-18-11-10-16(31-25(28)21-9-6-13-30-21)14-22(18)32-24(27)19(23)15-26/h4-11,13-14,23H,2-3,12,27H2,1H3. The fourth-order valence-corrected chi connectivity index (χ4v) is 3.55. The highest BCUT2D eigenvalue weighted by atomic mass is 16.5. The van der Waals surface area contributed by atoms with Gasteiger partial charge in [0.2, 0.25) is 11.6 Å². The Balaban J connectivity index is 1.70. The normalized spacial score (nSPS) is 14.8. The second kappa shape index (κ2) is 9.31. The zero-order chi connectivity index (χ0) is 22.5. The van der Waals surface area contributed by atoms with E-state index in [9.17, 15) is 10.1 Å². The number of nitrogens with zero attached hydrogens (tertiary/aromatic N) is 1. The van der Waals surface area contributed by atoms with E-state index in [2.05, 4.69) is 13.0 Å². The number of fused-ring (bicyclic) bond motifs is 1. The Morgan fingerprint density at radius 3 is 2.75 bits per heavy atom. The van der Waals surface area contributed by atoms with Crippen molar-refractivity contribution in [2.24, 2.45) is 5.73 Å². The second-order valence-electron chi connectivity index (χ2n) is 7.23. The molecule has 7 nitrogen and oxygen atoms in total. The molecule has 3 aromatic rings. The van der Waals surface area contributed by atoms with Gasteiger partial charge in [-0.15, -0.1) is 0 Å². The Hall–Kier alpha value is -4.18. The number of carbonyl (C=O) groups excluding carboxylic acids is 1. The molecule has 162 valence electrons. The van der Waals surface area contributed by atoms with Crippen molar-refractivity contribution in [3.05, 3.63) is 89.2 Å². The predicted octanol–water partition coefficient (Wildman–Crippen LogP) is 4.90. The number of benzene rings is 2. The Morgan fingerprint density at radius 2 is 2.00 bits per heavy atom. The van der Waals surface area contributed by atoms with Crippen LogP contribution < -0.4 is 19.9 Å². The fraction of sp³-hybridized carbons (Fsp3) is 0.200. The van der Waals surface area contributed by atoms with E-state index < -0.39 is 11.9 Å². The van der Waals surface area contributed by atoms with Gasteiger partial charge in [-0.25, -0.2) is 4.79 Å². The van der Waals surface area contributed by atoms with Crippen LogP contribution in [0.15, 0.2) is 76.7 Å². The lowest BCUT2D eigenvalue weighted by Crippen LogP contribution is -2.21. The van der Waals surface area contributed by atoms with Gasteiger partial charge in [-0.2, -0.15) is 5.26 Å². The third kappa shape index (κ3) is 4.16. The Kier molecular flexibility index (Phi) is 6.13. The monoisotopic (exact) mass is 430 g/mol. The number of nitriles is 1. The van der Waals surface area contributed by atoms with Crippen LogP contribution in [0.25, 0.3) is 0 Å². The minimum absolute atomic E-state index is 0.00266. The van der Waals surface area contributed by atoms with Gasteiger partial charge in [0.25, 0.3) is 0 Å². The van der Waals surface area contributed by atoms with Crippen molar-refractivity contribution >= 4 is 5.97 Å². The van der Waals surface area contributed by atoms with Crippen molar-refractivity contribution < 1.29 is 23.4 Å². The van der Waals surface area contributed by atoms with E-state index in [1.165, 1.54) is 12.3 Å². The Morgan fingerprint density at radius 1 is 1.16 bits per heavy atom. The van der Waals surface area contributed by atoms with Crippen LogP contribution in [0.5, 0.6) is 17.2 Å². The molecule has 2 N–H and O–H groups in total. The molecule has 0 bridgehead atoms. The number of allylic oxidation sites excluding steroid dienone is 1. The molecule has 0 fully saturated rings. The molecule has 2 aromatic carbocycles. The van der Waals surface area contributed by atoms with Gasteiger partial charge in [-0.05, 0) is 30.7 Å². The van der Waals surface area contributed by atoms with E-state index >= 15 is 0 Å². The van der Waals surface area contributed by atoms with Gasteiger partial charge >= 0.3 is 5.97 Å². The van der Waals surface area contributed by atoms with Crippen molar-refractivity contribution in [3.63, 3.8) is 0 Å². The van der Waals surface area contributed by atoms with Crippen LogP contribution in [0.4, 0.5) is 0 Å². The number of nitrogens with two attached hydrogens (primary N) is 1. The van der Waals surface area contributed by atoms with Crippen LogP contribution in [-0.2, 0) is 0 Å². The van der Waals surface area contributed by atoms with Crippen LogP contribution in [0.3, 0.4) is 0 Å². The zero-order valence-corrected chi connectivity index (χ0v) is 17.5. The molecular formula is C25H22N2O5. The number of hydrogen-bond donors (Lipinski definition) is 1. The zero-order valence-electron chi connectivity index (χ0n) is 17.5. The van der Waals surface area contributed by atoms with Crippen LogP contribution in [0.1, 0.15) is 47.4 Å². The number of carbonyl (C=O) groups is 1. The molecule has 1 aliphatic heterocycles. The van der Waals surface area contributed by atoms with Crippen LogP contribution in [0.2, 0.25) is 0 Å². The molecule has 4 rings (SSSR count). The van der Waals surface area contributed by atoms with Crippen molar-refractivity contribution in [3.8, 4) is 23.3 Å². The van der Waals surface area contributed by atoms with Gasteiger partial charge in [0.05, 0.1) is 18.8 Å². The lowest BCUT2D eigenvalue weighted by molar-refractivity contribution is 0.0701. The highest BCUT2D eigenvalue weighted by Crippen LogP contribution is 2.45. The van der Waals surface area contributed by atoms with E-state index in [-0.39, 0.29) is 17.4 Å². The molecule has 1 aromatic heterocycles. The number of furan rings is 1. The first kappa shape index (κ1) is 21.1. The largest absolute Gasteiger partial charge is 0.493 e. The number of hydrogen-bond acceptors (Lipinski definition) is 7. The number of para-hydroxylation sites is 1. The van der Waals surface area contributed by atoms with E-state index in [1.54, 1.807) is 24.3 Å². The average Bonchev–Trinajstić information content (AvgIpc) is 3.34. The summed E-state index contributed by atoms with van der Waals surface area (Å²) >= 11 is 0.